The first-order chi connectivity index (χ1) is 10.1. The minimum Gasteiger partial charge on any atom is -0.393 e. The first-order valence-corrected chi connectivity index (χ1v) is 9.45. The van der Waals surface area contributed by atoms with Crippen LogP contribution in [0.5, 0.6) is 0 Å². The molecular formula is C19H33FO. The molecule has 0 aromatic carbocycles. The number of hydrogen-bond donors (Lipinski definition) is 1. The molecule has 3 fully saturated rings. The fourth-order valence-corrected chi connectivity index (χ4v) is 5.44. The van der Waals surface area contributed by atoms with Crippen LogP contribution in [0, 0.1) is 29.6 Å². The molecule has 21 heavy (non-hydrogen) atoms. The molecule has 122 valence electrons. The molecule has 1 N–H and O–H groups in total. The first kappa shape index (κ1) is 15.8. The van der Waals surface area contributed by atoms with E-state index in [1.165, 1.54) is 38.5 Å². The van der Waals surface area contributed by atoms with E-state index in [2.05, 4.69) is 6.92 Å². The molecule has 0 radical (unpaired) electrons. The van der Waals surface area contributed by atoms with E-state index in [0.717, 1.165) is 49.9 Å². The molecule has 0 spiro atoms. The molecule has 3 rings (SSSR count). The van der Waals surface area contributed by atoms with Crippen molar-refractivity contribution in [3.05, 3.63) is 0 Å². The Balaban J connectivity index is 1.50. The standard InChI is InChI=1S/C19H33FO/c1-13-2-4-14(5-3-13)16-8-11-18(19(21)12-16)15-6-9-17(20)10-7-15/h13-19,21H,2-12H2,1H3. The molecular weight excluding hydrogens is 263 g/mol. The smallest absolute Gasteiger partial charge is 0.100 e. The van der Waals surface area contributed by atoms with Gasteiger partial charge >= 0.3 is 0 Å². The zero-order valence-electron chi connectivity index (χ0n) is 13.6. The van der Waals surface area contributed by atoms with Crippen molar-refractivity contribution < 1.29 is 9.50 Å². The van der Waals surface area contributed by atoms with Crippen LogP contribution < -0.4 is 0 Å². The van der Waals surface area contributed by atoms with Crippen molar-refractivity contribution in [1.82, 2.24) is 0 Å². The third-order valence-electron chi connectivity index (χ3n) is 6.94. The monoisotopic (exact) mass is 296 g/mol. The van der Waals surface area contributed by atoms with Gasteiger partial charge in [-0.25, -0.2) is 4.39 Å². The number of aliphatic hydroxyl groups excluding tert-OH is 1. The maximum absolute atomic E-state index is 13.3. The second-order valence-electron chi connectivity index (χ2n) is 8.34. The van der Waals surface area contributed by atoms with Gasteiger partial charge in [-0.05, 0) is 87.4 Å². The fraction of sp³-hybridized carbons (Fsp3) is 1.00. The van der Waals surface area contributed by atoms with Crippen LogP contribution in [-0.2, 0) is 0 Å². The van der Waals surface area contributed by atoms with Crippen LogP contribution in [0.15, 0.2) is 0 Å². The van der Waals surface area contributed by atoms with Crippen molar-refractivity contribution in [2.75, 3.05) is 0 Å². The summed E-state index contributed by atoms with van der Waals surface area (Å²) in [6, 6.07) is 0. The van der Waals surface area contributed by atoms with E-state index in [-0.39, 0.29) is 6.10 Å². The van der Waals surface area contributed by atoms with E-state index in [4.69, 9.17) is 0 Å². The molecule has 0 aromatic rings. The van der Waals surface area contributed by atoms with Crippen LogP contribution in [0.25, 0.3) is 0 Å². The number of halogens is 1. The number of hydrogen-bond acceptors (Lipinski definition) is 1. The Hall–Kier alpha value is -0.110. The quantitative estimate of drug-likeness (QED) is 0.750. The van der Waals surface area contributed by atoms with Crippen LogP contribution in [0.2, 0.25) is 0 Å². The number of aliphatic hydroxyl groups is 1. The summed E-state index contributed by atoms with van der Waals surface area (Å²) in [6.45, 7) is 2.38. The lowest BCUT2D eigenvalue weighted by atomic mass is 9.64. The van der Waals surface area contributed by atoms with Gasteiger partial charge in [0.1, 0.15) is 6.17 Å². The molecule has 1 nitrogen and oxygen atoms in total. The average molecular weight is 296 g/mol. The van der Waals surface area contributed by atoms with Gasteiger partial charge in [0.05, 0.1) is 6.10 Å². The highest BCUT2D eigenvalue weighted by molar-refractivity contribution is 4.89. The highest BCUT2D eigenvalue weighted by atomic mass is 19.1. The third kappa shape index (κ3) is 3.81. The van der Waals surface area contributed by atoms with Crippen LogP contribution in [-0.4, -0.2) is 17.4 Å². The van der Waals surface area contributed by atoms with Crippen molar-refractivity contribution in [3.8, 4) is 0 Å². The highest BCUT2D eigenvalue weighted by Crippen LogP contribution is 2.45. The fourth-order valence-electron chi connectivity index (χ4n) is 5.44. The minimum atomic E-state index is -0.570. The molecule has 3 saturated carbocycles. The lowest BCUT2D eigenvalue weighted by Crippen LogP contribution is -2.38. The van der Waals surface area contributed by atoms with Crippen molar-refractivity contribution in [2.24, 2.45) is 29.6 Å². The van der Waals surface area contributed by atoms with E-state index >= 15 is 0 Å². The Morgan fingerprint density at radius 1 is 0.714 bits per heavy atom. The van der Waals surface area contributed by atoms with Gasteiger partial charge < -0.3 is 5.11 Å². The van der Waals surface area contributed by atoms with Crippen LogP contribution in [0.3, 0.4) is 0 Å². The second kappa shape index (κ2) is 6.98. The molecule has 3 aliphatic rings. The van der Waals surface area contributed by atoms with Crippen molar-refractivity contribution >= 4 is 0 Å². The number of rotatable bonds is 2. The van der Waals surface area contributed by atoms with Crippen LogP contribution >= 0.6 is 0 Å². The Bertz CT molecular complexity index is 316. The summed E-state index contributed by atoms with van der Waals surface area (Å²) in [5.74, 6) is 3.62. The molecule has 0 bridgehead atoms. The Kier molecular flexibility index (Phi) is 5.24. The summed E-state index contributed by atoms with van der Waals surface area (Å²) in [5.41, 5.74) is 0. The van der Waals surface area contributed by atoms with E-state index in [9.17, 15) is 9.50 Å². The SMILES string of the molecule is CC1CCC(C2CCC(C3CCC(F)CC3)C(O)C2)CC1. The van der Waals surface area contributed by atoms with Crippen molar-refractivity contribution in [3.63, 3.8) is 0 Å². The van der Waals surface area contributed by atoms with Gasteiger partial charge in [-0.3, -0.25) is 0 Å². The van der Waals surface area contributed by atoms with Crippen molar-refractivity contribution in [2.45, 2.75) is 89.8 Å². The Morgan fingerprint density at radius 2 is 1.29 bits per heavy atom. The van der Waals surface area contributed by atoms with E-state index in [1.807, 2.05) is 0 Å². The van der Waals surface area contributed by atoms with E-state index in [1.54, 1.807) is 0 Å². The second-order valence-corrected chi connectivity index (χ2v) is 8.34. The molecule has 3 unspecified atom stereocenters. The van der Waals surface area contributed by atoms with Gasteiger partial charge in [0, 0.05) is 0 Å². The van der Waals surface area contributed by atoms with Crippen molar-refractivity contribution in [1.29, 1.82) is 0 Å². The summed E-state index contributed by atoms with van der Waals surface area (Å²) in [7, 11) is 0. The molecule has 0 saturated heterocycles. The maximum atomic E-state index is 13.3. The topological polar surface area (TPSA) is 20.2 Å². The van der Waals surface area contributed by atoms with Gasteiger partial charge in [-0.15, -0.1) is 0 Å². The van der Waals surface area contributed by atoms with E-state index in [0.29, 0.717) is 11.8 Å². The highest BCUT2D eigenvalue weighted by Gasteiger charge is 2.38. The van der Waals surface area contributed by atoms with Gasteiger partial charge in [-0.1, -0.05) is 19.8 Å². The lowest BCUT2D eigenvalue weighted by Gasteiger charge is -2.43. The van der Waals surface area contributed by atoms with E-state index < -0.39 is 6.17 Å². The molecule has 3 atom stereocenters. The number of alkyl halides is 1. The minimum absolute atomic E-state index is 0.107. The Morgan fingerprint density at radius 3 is 1.90 bits per heavy atom. The molecule has 0 amide bonds. The summed E-state index contributed by atoms with van der Waals surface area (Å²) < 4.78 is 13.3. The first-order valence-electron chi connectivity index (χ1n) is 9.45. The zero-order chi connectivity index (χ0) is 14.8. The summed E-state index contributed by atoms with van der Waals surface area (Å²) in [4.78, 5) is 0. The molecule has 3 aliphatic carbocycles. The van der Waals surface area contributed by atoms with Crippen LogP contribution in [0.4, 0.5) is 4.39 Å². The zero-order valence-corrected chi connectivity index (χ0v) is 13.6. The van der Waals surface area contributed by atoms with Gasteiger partial charge in [0.25, 0.3) is 0 Å². The average Bonchev–Trinajstić information content (AvgIpc) is 2.49. The summed E-state index contributed by atoms with van der Waals surface area (Å²) in [5, 5.41) is 10.6. The molecule has 2 heteroatoms. The maximum Gasteiger partial charge on any atom is 0.100 e. The predicted octanol–water partition coefficient (Wildman–Crippen LogP) is 5.12. The molecule has 0 aromatic heterocycles. The van der Waals surface area contributed by atoms with Gasteiger partial charge in [0.2, 0.25) is 0 Å². The predicted molar refractivity (Wildman–Crippen MR) is 84.8 cm³/mol. The van der Waals surface area contributed by atoms with Gasteiger partial charge in [0.15, 0.2) is 0 Å². The summed E-state index contributed by atoms with van der Waals surface area (Å²) in [6.07, 6.45) is 11.9. The third-order valence-corrected chi connectivity index (χ3v) is 6.94. The largest absolute Gasteiger partial charge is 0.393 e. The normalized spacial score (nSPS) is 49.0. The Labute approximate surface area is 129 Å². The molecule has 0 aliphatic heterocycles. The van der Waals surface area contributed by atoms with Crippen LogP contribution in [0.1, 0.15) is 77.6 Å². The molecule has 0 heterocycles. The van der Waals surface area contributed by atoms with Gasteiger partial charge in [-0.2, -0.15) is 0 Å². The lowest BCUT2D eigenvalue weighted by molar-refractivity contribution is -0.0165. The summed E-state index contributed by atoms with van der Waals surface area (Å²) >= 11 is 0.